The van der Waals surface area contributed by atoms with E-state index in [4.69, 9.17) is 9.84 Å². The van der Waals surface area contributed by atoms with Crippen LogP contribution in [0.25, 0.3) is 0 Å². The summed E-state index contributed by atoms with van der Waals surface area (Å²) in [5.74, 6) is -0.139. The minimum Gasteiger partial charge on any atom is -0.480 e. The molecule has 0 aromatic heterocycles. The zero-order valence-corrected chi connectivity index (χ0v) is 9.03. The number of hydrogen-bond acceptors (Lipinski definition) is 4. The predicted molar refractivity (Wildman–Crippen MR) is 54.6 cm³/mol. The Hall–Kier alpha value is -0.750. The summed E-state index contributed by atoms with van der Waals surface area (Å²) >= 11 is 1.47. The summed E-state index contributed by atoms with van der Waals surface area (Å²) in [7, 11) is 0. The molecule has 0 aliphatic carbocycles. The molecule has 2 aliphatic rings. The third-order valence-electron chi connectivity index (χ3n) is 2.66. The summed E-state index contributed by atoms with van der Waals surface area (Å²) in [5.41, 5.74) is 0. The number of aliphatic carboxylic acids is 1. The predicted octanol–water partition coefficient (Wildman–Crippen LogP) is 0.151. The molecular formula is C9H13NO4S. The molecular weight excluding hydrogens is 218 g/mol. The Morgan fingerprint density at radius 1 is 1.47 bits per heavy atom. The lowest BCUT2D eigenvalue weighted by Gasteiger charge is -2.23. The number of carbonyl (C=O) groups excluding carboxylic acids is 1. The van der Waals surface area contributed by atoms with Crippen LogP contribution in [0.15, 0.2) is 0 Å². The highest BCUT2D eigenvalue weighted by Gasteiger charge is 2.38. The number of rotatable bonds is 2. The van der Waals surface area contributed by atoms with Gasteiger partial charge in [0.05, 0.1) is 5.88 Å². The van der Waals surface area contributed by atoms with E-state index >= 15 is 0 Å². The lowest BCUT2D eigenvalue weighted by molar-refractivity contribution is -0.151. The molecule has 2 aliphatic heterocycles. The third-order valence-corrected chi connectivity index (χ3v) is 3.67. The molecule has 5 nitrogen and oxygen atoms in total. The smallest absolute Gasteiger partial charge is 0.327 e. The van der Waals surface area contributed by atoms with Crippen LogP contribution in [0.1, 0.15) is 12.8 Å². The van der Waals surface area contributed by atoms with Gasteiger partial charge in [0, 0.05) is 12.4 Å². The largest absolute Gasteiger partial charge is 0.480 e. The number of nitrogens with zero attached hydrogens (tertiary/aromatic N) is 1. The summed E-state index contributed by atoms with van der Waals surface area (Å²) in [4.78, 5) is 24.2. The van der Waals surface area contributed by atoms with E-state index in [-0.39, 0.29) is 5.91 Å². The Bertz CT molecular complexity index is 277. The SMILES string of the molecule is O=C(O)[C@@H]1CSCN1C(=O)[C@@H]1CCCO1. The van der Waals surface area contributed by atoms with Crippen molar-refractivity contribution in [2.45, 2.75) is 25.0 Å². The lowest BCUT2D eigenvalue weighted by atomic mass is 10.2. The molecule has 2 heterocycles. The van der Waals surface area contributed by atoms with E-state index in [2.05, 4.69) is 0 Å². The van der Waals surface area contributed by atoms with Crippen LogP contribution < -0.4 is 0 Å². The Morgan fingerprint density at radius 3 is 2.87 bits per heavy atom. The fourth-order valence-electron chi connectivity index (χ4n) is 1.82. The Morgan fingerprint density at radius 2 is 2.27 bits per heavy atom. The maximum absolute atomic E-state index is 11.9. The van der Waals surface area contributed by atoms with E-state index in [0.29, 0.717) is 24.7 Å². The minimum atomic E-state index is -0.925. The molecule has 2 rings (SSSR count). The standard InChI is InChI=1S/C9H13NO4S/c11-8(7-2-1-3-14-7)10-5-15-4-6(10)9(12)13/h6-7H,1-5H2,(H,12,13)/t6-,7-/m0/s1. The highest BCUT2D eigenvalue weighted by Crippen LogP contribution is 2.24. The molecule has 2 saturated heterocycles. The van der Waals surface area contributed by atoms with Crippen LogP contribution in [-0.2, 0) is 14.3 Å². The van der Waals surface area contributed by atoms with Crippen molar-refractivity contribution in [2.24, 2.45) is 0 Å². The van der Waals surface area contributed by atoms with Crippen molar-refractivity contribution in [3.8, 4) is 0 Å². The van der Waals surface area contributed by atoms with Crippen LogP contribution in [0.5, 0.6) is 0 Å². The van der Waals surface area contributed by atoms with Gasteiger partial charge in [0.2, 0.25) is 0 Å². The molecule has 6 heteroatoms. The third kappa shape index (κ3) is 2.10. The first-order valence-corrected chi connectivity index (χ1v) is 6.08. The normalized spacial score (nSPS) is 30.8. The van der Waals surface area contributed by atoms with Crippen LogP contribution in [-0.4, -0.2) is 52.3 Å². The summed E-state index contributed by atoms with van der Waals surface area (Å²) in [5, 5.41) is 8.93. The summed E-state index contributed by atoms with van der Waals surface area (Å²) in [6.45, 7) is 0.606. The number of thioether (sulfide) groups is 1. The van der Waals surface area contributed by atoms with Crippen LogP contribution in [0, 0.1) is 0 Å². The summed E-state index contributed by atoms with van der Waals surface area (Å²) in [6, 6.07) is -0.674. The molecule has 1 amide bonds. The average molecular weight is 231 g/mol. The number of ether oxygens (including phenoxy) is 1. The molecule has 15 heavy (non-hydrogen) atoms. The van der Waals surface area contributed by atoms with Crippen LogP contribution in [0.3, 0.4) is 0 Å². The molecule has 0 saturated carbocycles. The van der Waals surface area contributed by atoms with E-state index in [1.165, 1.54) is 16.7 Å². The van der Waals surface area contributed by atoms with Crippen molar-refractivity contribution in [1.82, 2.24) is 4.90 Å². The fraction of sp³-hybridized carbons (Fsp3) is 0.778. The van der Waals surface area contributed by atoms with Gasteiger partial charge in [-0.2, -0.15) is 0 Å². The van der Waals surface area contributed by atoms with Gasteiger partial charge in [-0.1, -0.05) is 0 Å². The molecule has 2 atom stereocenters. The van der Waals surface area contributed by atoms with Gasteiger partial charge in [0.1, 0.15) is 12.1 Å². The van der Waals surface area contributed by atoms with Gasteiger partial charge in [-0.15, -0.1) is 11.8 Å². The fourth-order valence-corrected chi connectivity index (χ4v) is 2.98. The maximum Gasteiger partial charge on any atom is 0.327 e. The van der Waals surface area contributed by atoms with Gasteiger partial charge in [-0.05, 0) is 12.8 Å². The van der Waals surface area contributed by atoms with Crippen LogP contribution in [0.4, 0.5) is 0 Å². The van der Waals surface area contributed by atoms with Crippen molar-refractivity contribution in [1.29, 1.82) is 0 Å². The van der Waals surface area contributed by atoms with Gasteiger partial charge >= 0.3 is 5.97 Å². The van der Waals surface area contributed by atoms with Crippen molar-refractivity contribution < 1.29 is 19.4 Å². The maximum atomic E-state index is 11.9. The monoisotopic (exact) mass is 231 g/mol. The minimum absolute atomic E-state index is 0.162. The van der Waals surface area contributed by atoms with Crippen molar-refractivity contribution >= 4 is 23.6 Å². The molecule has 0 aromatic rings. The van der Waals surface area contributed by atoms with E-state index in [0.717, 1.165) is 6.42 Å². The number of hydrogen-bond donors (Lipinski definition) is 1. The highest BCUT2D eigenvalue weighted by atomic mass is 32.2. The van der Waals surface area contributed by atoms with Gasteiger partial charge < -0.3 is 14.7 Å². The Balaban J connectivity index is 2.02. The van der Waals surface area contributed by atoms with E-state index < -0.39 is 18.1 Å². The number of carboxylic acid groups (broad SMARTS) is 1. The van der Waals surface area contributed by atoms with Gasteiger partial charge in [0.15, 0.2) is 0 Å². The average Bonchev–Trinajstić information content (AvgIpc) is 2.88. The number of carbonyl (C=O) groups is 2. The summed E-state index contributed by atoms with van der Waals surface area (Å²) in [6.07, 6.45) is 1.19. The first-order valence-electron chi connectivity index (χ1n) is 4.93. The molecule has 0 spiro atoms. The summed E-state index contributed by atoms with van der Waals surface area (Å²) < 4.78 is 5.26. The highest BCUT2D eigenvalue weighted by molar-refractivity contribution is 7.99. The molecule has 0 bridgehead atoms. The van der Waals surface area contributed by atoms with Crippen molar-refractivity contribution in [3.05, 3.63) is 0 Å². The van der Waals surface area contributed by atoms with Crippen molar-refractivity contribution in [3.63, 3.8) is 0 Å². The number of amides is 1. The second kappa shape index (κ2) is 4.40. The second-order valence-electron chi connectivity index (χ2n) is 3.66. The lowest BCUT2D eigenvalue weighted by Crippen LogP contribution is -2.46. The molecule has 0 unspecified atom stereocenters. The quantitative estimate of drug-likeness (QED) is 0.733. The zero-order chi connectivity index (χ0) is 10.8. The number of carboxylic acids is 1. The first-order chi connectivity index (χ1) is 7.20. The molecule has 84 valence electrons. The second-order valence-corrected chi connectivity index (χ2v) is 4.66. The van der Waals surface area contributed by atoms with Crippen molar-refractivity contribution in [2.75, 3.05) is 18.2 Å². The van der Waals surface area contributed by atoms with E-state index in [1.807, 2.05) is 0 Å². The topological polar surface area (TPSA) is 66.8 Å². The Labute approximate surface area is 91.8 Å². The first kappa shape index (κ1) is 10.8. The van der Waals surface area contributed by atoms with E-state index in [1.54, 1.807) is 0 Å². The zero-order valence-electron chi connectivity index (χ0n) is 8.22. The van der Waals surface area contributed by atoms with Gasteiger partial charge in [-0.25, -0.2) is 4.79 Å². The molecule has 2 fully saturated rings. The van der Waals surface area contributed by atoms with Gasteiger partial charge in [-0.3, -0.25) is 4.79 Å². The molecule has 0 aromatic carbocycles. The Kier molecular flexibility index (Phi) is 3.16. The van der Waals surface area contributed by atoms with Crippen LogP contribution in [0.2, 0.25) is 0 Å². The van der Waals surface area contributed by atoms with Gasteiger partial charge in [0.25, 0.3) is 5.91 Å². The molecule has 0 radical (unpaired) electrons. The molecule has 1 N–H and O–H groups in total. The van der Waals surface area contributed by atoms with Crippen LogP contribution >= 0.6 is 11.8 Å². The van der Waals surface area contributed by atoms with E-state index in [9.17, 15) is 9.59 Å².